The highest BCUT2D eigenvalue weighted by atomic mass is 35.5. The van der Waals surface area contributed by atoms with Crippen LogP contribution in [0.25, 0.3) is 0 Å². The molecule has 1 N–H and O–H groups in total. The first-order valence-electron chi connectivity index (χ1n) is 13.6. The second-order valence-electron chi connectivity index (χ2n) is 10.3. The molecule has 0 fully saturated rings. The normalized spacial score (nSPS) is 12.1. The van der Waals surface area contributed by atoms with Gasteiger partial charge in [0.1, 0.15) is 18.3 Å². The maximum atomic E-state index is 14.2. The molecule has 1 atom stereocenters. The summed E-state index contributed by atoms with van der Waals surface area (Å²) in [6, 6.07) is 16.9. The summed E-state index contributed by atoms with van der Waals surface area (Å²) < 4.78 is 34.2. The second-order valence-corrected chi connectivity index (χ2v) is 13.0. The van der Waals surface area contributed by atoms with Gasteiger partial charge in [-0.3, -0.25) is 13.9 Å². The number of rotatable bonds is 13. The topological polar surface area (TPSA) is 96.0 Å². The van der Waals surface area contributed by atoms with Crippen LogP contribution in [-0.4, -0.2) is 51.4 Å². The zero-order valence-corrected chi connectivity index (χ0v) is 26.8. The molecule has 0 aromatic heterocycles. The molecule has 0 aliphatic carbocycles. The smallest absolute Gasteiger partial charge is 0.264 e. The molecule has 0 radical (unpaired) electrons. The Labute approximate surface area is 258 Å². The minimum atomic E-state index is -4.21. The number of ether oxygens (including phenoxy) is 1. The Morgan fingerprint density at radius 3 is 2.07 bits per heavy atom. The molecule has 42 heavy (non-hydrogen) atoms. The highest BCUT2D eigenvalue weighted by molar-refractivity contribution is 7.92. The van der Waals surface area contributed by atoms with Gasteiger partial charge in [-0.1, -0.05) is 67.7 Å². The van der Waals surface area contributed by atoms with E-state index in [4.69, 9.17) is 27.9 Å². The van der Waals surface area contributed by atoms with Crippen molar-refractivity contribution in [2.45, 2.75) is 51.6 Å². The van der Waals surface area contributed by atoms with Gasteiger partial charge in [-0.2, -0.15) is 0 Å². The van der Waals surface area contributed by atoms with Gasteiger partial charge in [0.15, 0.2) is 0 Å². The van der Waals surface area contributed by atoms with E-state index in [-0.39, 0.29) is 29.7 Å². The van der Waals surface area contributed by atoms with Crippen LogP contribution in [0.15, 0.2) is 71.6 Å². The first-order valence-corrected chi connectivity index (χ1v) is 15.8. The van der Waals surface area contributed by atoms with Crippen molar-refractivity contribution < 1.29 is 22.7 Å². The van der Waals surface area contributed by atoms with Crippen molar-refractivity contribution in [3.63, 3.8) is 0 Å². The number of amides is 2. The average molecular weight is 635 g/mol. The van der Waals surface area contributed by atoms with Gasteiger partial charge in [-0.25, -0.2) is 8.42 Å². The first-order chi connectivity index (χ1) is 19.9. The number of carbonyl (C=O) groups excluding carboxylic acids is 2. The van der Waals surface area contributed by atoms with Gasteiger partial charge in [-0.15, -0.1) is 0 Å². The summed E-state index contributed by atoms with van der Waals surface area (Å²) in [5, 5.41) is 3.56. The number of benzene rings is 3. The standard InChI is InChI=1S/C31H37Cl2N3O5S/c1-6-29(31(38)34-18-21(2)3)35(19-26-27(32)8-7-9-28(26)33)30(37)20-36(23-12-10-22(4)11-13-23)42(39,40)25-16-14-24(41-5)15-17-25/h7-17,21,29H,6,18-20H2,1-5H3,(H,34,38)/t29-/m1/s1. The number of carbonyl (C=O) groups is 2. The van der Waals surface area contributed by atoms with Crippen molar-refractivity contribution in [2.75, 3.05) is 24.5 Å². The lowest BCUT2D eigenvalue weighted by Gasteiger charge is -2.33. The van der Waals surface area contributed by atoms with Crippen LogP contribution >= 0.6 is 23.2 Å². The SMILES string of the molecule is CC[C@H](C(=O)NCC(C)C)N(Cc1c(Cl)cccc1Cl)C(=O)CN(c1ccc(C)cc1)S(=O)(=O)c1ccc(OC)cc1. The molecular formula is C31H37Cl2N3O5S. The zero-order chi connectivity index (χ0) is 31.0. The van der Waals surface area contributed by atoms with Crippen LogP contribution in [-0.2, 0) is 26.2 Å². The summed E-state index contributed by atoms with van der Waals surface area (Å²) in [7, 11) is -2.72. The molecule has 0 saturated carbocycles. The summed E-state index contributed by atoms with van der Waals surface area (Å²) in [6.45, 7) is 7.39. The van der Waals surface area contributed by atoms with Crippen LogP contribution in [0.4, 0.5) is 5.69 Å². The molecule has 11 heteroatoms. The van der Waals surface area contributed by atoms with Crippen LogP contribution in [0, 0.1) is 12.8 Å². The Bertz CT molecular complexity index is 1460. The van der Waals surface area contributed by atoms with Crippen molar-refractivity contribution in [3.8, 4) is 5.75 Å². The van der Waals surface area contributed by atoms with Crippen molar-refractivity contribution in [1.29, 1.82) is 0 Å². The third kappa shape index (κ3) is 8.18. The minimum Gasteiger partial charge on any atom is -0.497 e. The maximum Gasteiger partial charge on any atom is 0.264 e. The Morgan fingerprint density at radius 1 is 0.952 bits per heavy atom. The molecular weight excluding hydrogens is 597 g/mol. The molecule has 0 bridgehead atoms. The molecule has 0 saturated heterocycles. The Morgan fingerprint density at radius 2 is 1.55 bits per heavy atom. The molecule has 8 nitrogen and oxygen atoms in total. The molecule has 3 rings (SSSR count). The number of sulfonamides is 1. The molecule has 226 valence electrons. The van der Waals surface area contributed by atoms with Gasteiger partial charge < -0.3 is 15.0 Å². The predicted octanol–water partition coefficient (Wildman–Crippen LogP) is 6.09. The van der Waals surface area contributed by atoms with Gasteiger partial charge in [0, 0.05) is 28.7 Å². The lowest BCUT2D eigenvalue weighted by Crippen LogP contribution is -2.52. The zero-order valence-electron chi connectivity index (χ0n) is 24.4. The quantitative estimate of drug-likeness (QED) is 0.246. The van der Waals surface area contributed by atoms with Crippen LogP contribution in [0.2, 0.25) is 10.0 Å². The molecule has 0 heterocycles. The second kappa shape index (κ2) is 14.8. The molecule has 0 aliphatic heterocycles. The Hall–Kier alpha value is -3.27. The van der Waals surface area contributed by atoms with E-state index in [0.717, 1.165) is 9.87 Å². The molecule has 2 amide bonds. The van der Waals surface area contributed by atoms with E-state index < -0.39 is 28.5 Å². The van der Waals surface area contributed by atoms with Gasteiger partial charge in [-0.05, 0) is 67.8 Å². The highest BCUT2D eigenvalue weighted by Crippen LogP contribution is 2.29. The average Bonchev–Trinajstić information content (AvgIpc) is 2.96. The number of hydrogen-bond donors (Lipinski definition) is 1. The van der Waals surface area contributed by atoms with E-state index in [9.17, 15) is 18.0 Å². The summed E-state index contributed by atoms with van der Waals surface area (Å²) in [5.74, 6) is -0.244. The third-order valence-electron chi connectivity index (χ3n) is 6.71. The fourth-order valence-corrected chi connectivity index (χ4v) is 6.24. The number of methoxy groups -OCH3 is 1. The fourth-order valence-electron chi connectivity index (χ4n) is 4.31. The van der Waals surface area contributed by atoms with Crippen molar-refractivity contribution in [3.05, 3.63) is 87.9 Å². The van der Waals surface area contributed by atoms with Gasteiger partial charge in [0.2, 0.25) is 11.8 Å². The highest BCUT2D eigenvalue weighted by Gasteiger charge is 2.34. The summed E-state index contributed by atoms with van der Waals surface area (Å²) in [4.78, 5) is 28.9. The van der Waals surface area contributed by atoms with Crippen molar-refractivity contribution in [1.82, 2.24) is 10.2 Å². The Kier molecular flexibility index (Phi) is 11.7. The van der Waals surface area contributed by atoms with Crippen molar-refractivity contribution in [2.24, 2.45) is 5.92 Å². The summed E-state index contributed by atoms with van der Waals surface area (Å²) in [5.41, 5.74) is 1.69. The van der Waals surface area contributed by atoms with Crippen LogP contribution in [0.1, 0.15) is 38.3 Å². The molecule has 0 aliphatic rings. The van der Waals surface area contributed by atoms with E-state index in [1.165, 1.54) is 24.1 Å². The molecule has 0 spiro atoms. The van der Waals surface area contributed by atoms with Gasteiger partial charge in [0.25, 0.3) is 10.0 Å². The first kappa shape index (κ1) is 33.2. The van der Waals surface area contributed by atoms with Crippen LogP contribution in [0.5, 0.6) is 5.75 Å². The predicted molar refractivity (Wildman–Crippen MR) is 168 cm³/mol. The van der Waals surface area contributed by atoms with E-state index >= 15 is 0 Å². The molecule has 0 unspecified atom stereocenters. The van der Waals surface area contributed by atoms with E-state index in [1.807, 2.05) is 20.8 Å². The van der Waals surface area contributed by atoms with Crippen LogP contribution < -0.4 is 14.4 Å². The van der Waals surface area contributed by atoms with E-state index in [1.54, 1.807) is 61.5 Å². The lowest BCUT2D eigenvalue weighted by molar-refractivity contribution is -0.140. The fraction of sp³-hybridized carbons (Fsp3) is 0.355. The molecule has 3 aromatic rings. The van der Waals surface area contributed by atoms with E-state index in [2.05, 4.69) is 5.32 Å². The van der Waals surface area contributed by atoms with Crippen LogP contribution in [0.3, 0.4) is 0 Å². The maximum absolute atomic E-state index is 14.2. The van der Waals surface area contributed by atoms with Gasteiger partial charge in [0.05, 0.1) is 17.7 Å². The number of aryl methyl sites for hydroxylation is 1. The number of hydrogen-bond acceptors (Lipinski definition) is 5. The number of nitrogens with one attached hydrogen (secondary N) is 1. The molecule has 3 aromatic carbocycles. The monoisotopic (exact) mass is 633 g/mol. The van der Waals surface area contributed by atoms with Gasteiger partial charge >= 0.3 is 0 Å². The van der Waals surface area contributed by atoms with Crippen molar-refractivity contribution >= 4 is 50.7 Å². The number of halogens is 2. The largest absolute Gasteiger partial charge is 0.497 e. The third-order valence-corrected chi connectivity index (χ3v) is 9.21. The number of anilines is 1. The van der Waals surface area contributed by atoms with E-state index in [0.29, 0.717) is 33.6 Å². The lowest BCUT2D eigenvalue weighted by atomic mass is 10.1. The Balaban J connectivity index is 2.08. The minimum absolute atomic E-state index is 0.0147. The number of nitrogens with zero attached hydrogens (tertiary/aromatic N) is 2. The summed E-state index contributed by atoms with van der Waals surface area (Å²) >= 11 is 12.9. The summed E-state index contributed by atoms with van der Waals surface area (Å²) in [6.07, 6.45) is 0.285.